The summed E-state index contributed by atoms with van der Waals surface area (Å²) in [5.74, 6) is 0.932. The molecule has 0 aliphatic heterocycles. The lowest BCUT2D eigenvalue weighted by Crippen LogP contribution is -2.38. The lowest BCUT2D eigenvalue weighted by atomic mass is 10.1. The summed E-state index contributed by atoms with van der Waals surface area (Å²) in [6, 6.07) is 10.6. The molecule has 1 aromatic rings. The molecule has 3 nitrogen and oxygen atoms in total. The highest BCUT2D eigenvalue weighted by molar-refractivity contribution is 7.99. The molecule has 1 unspecified atom stereocenters. The summed E-state index contributed by atoms with van der Waals surface area (Å²) in [6.45, 7) is 7.01. The van der Waals surface area contributed by atoms with Gasteiger partial charge < -0.3 is 10.6 Å². The van der Waals surface area contributed by atoms with Crippen molar-refractivity contribution in [3.05, 3.63) is 35.9 Å². The van der Waals surface area contributed by atoms with E-state index in [9.17, 15) is 0 Å². The molecule has 0 amide bonds. The average Bonchev–Trinajstić information content (AvgIpc) is 2.49. The predicted octanol–water partition coefficient (Wildman–Crippen LogP) is 2.93. The summed E-state index contributed by atoms with van der Waals surface area (Å²) in [4.78, 5) is 4.60. The molecule has 0 aliphatic carbocycles. The molecular weight excluding hydrogens is 266 g/mol. The molecule has 4 heteroatoms. The first-order chi connectivity index (χ1) is 9.76. The molecule has 2 N–H and O–H groups in total. The highest BCUT2D eigenvalue weighted by Crippen LogP contribution is 2.04. The van der Waals surface area contributed by atoms with E-state index < -0.39 is 0 Å². The Hall–Kier alpha value is -1.16. The first kappa shape index (κ1) is 16.9. The van der Waals surface area contributed by atoms with Crippen LogP contribution in [0.3, 0.4) is 0 Å². The van der Waals surface area contributed by atoms with Crippen LogP contribution in [-0.2, 0) is 6.42 Å². The van der Waals surface area contributed by atoms with E-state index in [0.717, 1.165) is 38.4 Å². The monoisotopic (exact) mass is 293 g/mol. The minimum atomic E-state index is 0.565. The summed E-state index contributed by atoms with van der Waals surface area (Å²) in [7, 11) is 0. The van der Waals surface area contributed by atoms with Gasteiger partial charge in [-0.1, -0.05) is 37.3 Å². The number of guanidine groups is 1. The quantitative estimate of drug-likeness (QED) is 0.439. The molecule has 0 spiro atoms. The third-order valence-corrected chi connectivity index (χ3v) is 3.98. The van der Waals surface area contributed by atoms with E-state index in [-0.39, 0.29) is 0 Å². The van der Waals surface area contributed by atoms with Gasteiger partial charge in [0.1, 0.15) is 0 Å². The Labute approximate surface area is 127 Å². The van der Waals surface area contributed by atoms with Crippen molar-refractivity contribution in [2.45, 2.75) is 31.9 Å². The van der Waals surface area contributed by atoms with Crippen LogP contribution in [0.25, 0.3) is 0 Å². The zero-order valence-corrected chi connectivity index (χ0v) is 13.7. The van der Waals surface area contributed by atoms with E-state index >= 15 is 0 Å². The number of aryl methyl sites for hydroxylation is 1. The number of hydrogen-bond acceptors (Lipinski definition) is 2. The maximum Gasteiger partial charge on any atom is 0.191 e. The topological polar surface area (TPSA) is 36.4 Å². The molecule has 0 aromatic heterocycles. The number of hydrogen-bond donors (Lipinski definition) is 2. The number of aliphatic imine (C=N–C) groups is 1. The zero-order valence-electron chi connectivity index (χ0n) is 12.9. The first-order valence-corrected chi connectivity index (χ1v) is 8.64. The van der Waals surface area contributed by atoms with Crippen LogP contribution >= 0.6 is 11.8 Å². The van der Waals surface area contributed by atoms with Gasteiger partial charge in [0.15, 0.2) is 5.96 Å². The molecule has 0 saturated heterocycles. The van der Waals surface area contributed by atoms with Crippen LogP contribution in [-0.4, -0.2) is 37.1 Å². The Kier molecular flexibility index (Phi) is 8.96. The molecule has 0 saturated carbocycles. The molecule has 0 aliphatic rings. The van der Waals surface area contributed by atoms with Crippen LogP contribution < -0.4 is 10.6 Å². The van der Waals surface area contributed by atoms with E-state index in [2.05, 4.69) is 66.1 Å². The Morgan fingerprint density at radius 1 is 1.25 bits per heavy atom. The van der Waals surface area contributed by atoms with E-state index in [4.69, 9.17) is 0 Å². The summed E-state index contributed by atoms with van der Waals surface area (Å²) in [5, 5.41) is 7.25. The minimum Gasteiger partial charge on any atom is -0.357 e. The molecule has 1 aromatic carbocycles. The van der Waals surface area contributed by atoms with Gasteiger partial charge in [0.25, 0.3) is 0 Å². The molecular formula is C16H27N3S. The fourth-order valence-corrected chi connectivity index (χ4v) is 2.00. The molecule has 0 bridgehead atoms. The fraction of sp³-hybridized carbons (Fsp3) is 0.562. The van der Waals surface area contributed by atoms with Crippen LogP contribution in [0, 0.1) is 0 Å². The van der Waals surface area contributed by atoms with Crippen molar-refractivity contribution < 1.29 is 0 Å². The molecule has 0 heterocycles. The van der Waals surface area contributed by atoms with Gasteiger partial charge in [-0.2, -0.15) is 11.8 Å². The summed E-state index contributed by atoms with van der Waals surface area (Å²) in [5.41, 5.74) is 1.40. The normalized spacial score (nSPS) is 13.1. The summed E-state index contributed by atoms with van der Waals surface area (Å²) >= 11 is 1.85. The number of thioether (sulfide) groups is 1. The summed E-state index contributed by atoms with van der Waals surface area (Å²) < 4.78 is 0. The lowest BCUT2D eigenvalue weighted by molar-refractivity contribution is 0.743. The van der Waals surface area contributed by atoms with Crippen LogP contribution in [0.2, 0.25) is 0 Å². The van der Waals surface area contributed by atoms with E-state index in [0.29, 0.717) is 5.25 Å². The Bertz CT molecular complexity index is 379. The van der Waals surface area contributed by atoms with Crippen LogP contribution in [0.4, 0.5) is 0 Å². The van der Waals surface area contributed by atoms with Crippen LogP contribution in [0.15, 0.2) is 35.3 Å². The second-order valence-corrected chi connectivity index (χ2v) is 6.06. The van der Waals surface area contributed by atoms with E-state index in [1.807, 2.05) is 11.8 Å². The number of benzene rings is 1. The smallest absolute Gasteiger partial charge is 0.191 e. The predicted molar refractivity (Wildman–Crippen MR) is 91.7 cm³/mol. The Morgan fingerprint density at radius 3 is 2.65 bits per heavy atom. The lowest BCUT2D eigenvalue weighted by Gasteiger charge is -2.12. The molecule has 0 radical (unpaired) electrons. The second kappa shape index (κ2) is 10.6. The average molecular weight is 293 g/mol. The number of rotatable bonds is 8. The molecule has 20 heavy (non-hydrogen) atoms. The molecule has 1 atom stereocenters. The fourth-order valence-electron chi connectivity index (χ4n) is 1.78. The Morgan fingerprint density at radius 2 is 2.00 bits per heavy atom. The number of nitrogens with zero attached hydrogens (tertiary/aromatic N) is 1. The summed E-state index contributed by atoms with van der Waals surface area (Å²) in [6.07, 6.45) is 4.35. The van der Waals surface area contributed by atoms with Gasteiger partial charge in [0.2, 0.25) is 0 Å². The standard InChI is InChI=1S/C16H27N3S/c1-4-17-16(19-13-14(2)20-3)18-12-8-11-15-9-6-5-7-10-15/h5-7,9-10,14H,4,8,11-13H2,1-3H3,(H2,17,18,19). The van der Waals surface area contributed by atoms with Gasteiger partial charge in [-0.15, -0.1) is 0 Å². The van der Waals surface area contributed by atoms with Gasteiger partial charge in [-0.05, 0) is 31.6 Å². The van der Waals surface area contributed by atoms with Crippen molar-refractivity contribution in [1.82, 2.24) is 10.6 Å². The second-order valence-electron chi connectivity index (χ2n) is 4.78. The SMILES string of the molecule is CCNC(=NCC(C)SC)NCCCc1ccccc1. The van der Waals surface area contributed by atoms with Crippen molar-refractivity contribution in [3.63, 3.8) is 0 Å². The van der Waals surface area contributed by atoms with E-state index in [1.54, 1.807) is 0 Å². The third kappa shape index (κ3) is 7.43. The van der Waals surface area contributed by atoms with Crippen molar-refractivity contribution >= 4 is 17.7 Å². The molecule has 1 rings (SSSR count). The van der Waals surface area contributed by atoms with Crippen molar-refractivity contribution in [3.8, 4) is 0 Å². The van der Waals surface area contributed by atoms with Gasteiger partial charge >= 0.3 is 0 Å². The van der Waals surface area contributed by atoms with Crippen LogP contribution in [0.5, 0.6) is 0 Å². The van der Waals surface area contributed by atoms with Crippen molar-refractivity contribution in [1.29, 1.82) is 0 Å². The van der Waals surface area contributed by atoms with Gasteiger partial charge in [0.05, 0.1) is 6.54 Å². The largest absolute Gasteiger partial charge is 0.357 e. The third-order valence-electron chi connectivity index (χ3n) is 3.03. The number of nitrogens with one attached hydrogen (secondary N) is 2. The maximum absolute atomic E-state index is 4.60. The van der Waals surface area contributed by atoms with Gasteiger partial charge in [0, 0.05) is 18.3 Å². The Balaban J connectivity index is 2.28. The minimum absolute atomic E-state index is 0.565. The van der Waals surface area contributed by atoms with Crippen molar-refractivity contribution in [2.75, 3.05) is 25.9 Å². The first-order valence-electron chi connectivity index (χ1n) is 7.35. The van der Waals surface area contributed by atoms with Crippen molar-refractivity contribution in [2.24, 2.45) is 4.99 Å². The highest BCUT2D eigenvalue weighted by Gasteiger charge is 2.00. The highest BCUT2D eigenvalue weighted by atomic mass is 32.2. The van der Waals surface area contributed by atoms with Crippen LogP contribution in [0.1, 0.15) is 25.8 Å². The zero-order chi connectivity index (χ0) is 14.6. The molecule has 112 valence electrons. The van der Waals surface area contributed by atoms with Gasteiger partial charge in [-0.25, -0.2) is 0 Å². The van der Waals surface area contributed by atoms with Gasteiger partial charge in [-0.3, -0.25) is 4.99 Å². The molecule has 0 fully saturated rings. The van der Waals surface area contributed by atoms with E-state index in [1.165, 1.54) is 5.56 Å². The maximum atomic E-state index is 4.60.